The third-order valence-corrected chi connectivity index (χ3v) is 4.39. The Morgan fingerprint density at radius 3 is 2.79 bits per heavy atom. The van der Waals surface area contributed by atoms with Gasteiger partial charge in [0.15, 0.2) is 0 Å². The monoisotopic (exact) mass is 332 g/mol. The van der Waals surface area contributed by atoms with Gasteiger partial charge in [-0.3, -0.25) is 0 Å². The van der Waals surface area contributed by atoms with Gasteiger partial charge in [-0.2, -0.15) is 0 Å². The molecule has 0 bridgehead atoms. The van der Waals surface area contributed by atoms with Crippen molar-refractivity contribution < 1.29 is 18.7 Å². The first-order chi connectivity index (χ1) is 11.7. The summed E-state index contributed by atoms with van der Waals surface area (Å²) in [5.74, 6) is 2.90. The van der Waals surface area contributed by atoms with Crippen molar-refractivity contribution in [2.45, 2.75) is 25.9 Å². The van der Waals surface area contributed by atoms with Crippen molar-refractivity contribution in [3.63, 3.8) is 0 Å². The zero-order chi connectivity index (χ0) is 16.9. The summed E-state index contributed by atoms with van der Waals surface area (Å²) in [6.07, 6.45) is 0.832. The molecule has 3 rings (SSSR count). The fourth-order valence-electron chi connectivity index (χ4n) is 3.04. The van der Waals surface area contributed by atoms with Crippen molar-refractivity contribution in [3.8, 4) is 11.5 Å². The first kappa shape index (κ1) is 16.8. The van der Waals surface area contributed by atoms with Crippen molar-refractivity contribution in [3.05, 3.63) is 41.3 Å². The van der Waals surface area contributed by atoms with Gasteiger partial charge >= 0.3 is 0 Å². The summed E-state index contributed by atoms with van der Waals surface area (Å²) in [4.78, 5) is 0. The van der Waals surface area contributed by atoms with Gasteiger partial charge < -0.3 is 24.1 Å². The van der Waals surface area contributed by atoms with E-state index in [0.717, 1.165) is 41.5 Å². The van der Waals surface area contributed by atoms with Crippen LogP contribution in [0.25, 0.3) is 0 Å². The number of aromatic nitrogens is 1. The summed E-state index contributed by atoms with van der Waals surface area (Å²) < 4.78 is 21.7. The second-order valence-electron chi connectivity index (χ2n) is 6.10. The third-order valence-electron chi connectivity index (χ3n) is 4.39. The maximum absolute atomic E-state index is 5.65. The topological polar surface area (TPSA) is 65.8 Å². The maximum Gasteiger partial charge on any atom is 0.137 e. The number of methoxy groups -OCH3 is 2. The summed E-state index contributed by atoms with van der Waals surface area (Å²) in [5, 5.41) is 7.53. The van der Waals surface area contributed by atoms with Gasteiger partial charge in [0, 0.05) is 42.6 Å². The van der Waals surface area contributed by atoms with Crippen LogP contribution in [0.5, 0.6) is 11.5 Å². The molecule has 1 aromatic heterocycles. The van der Waals surface area contributed by atoms with E-state index in [0.29, 0.717) is 19.1 Å². The van der Waals surface area contributed by atoms with Gasteiger partial charge in [-0.25, -0.2) is 0 Å². The van der Waals surface area contributed by atoms with E-state index in [1.165, 1.54) is 0 Å². The van der Waals surface area contributed by atoms with Crippen molar-refractivity contribution in [2.75, 3.05) is 27.4 Å². The number of nitrogens with zero attached hydrogens (tertiary/aromatic N) is 1. The molecule has 0 saturated carbocycles. The quantitative estimate of drug-likeness (QED) is 0.839. The largest absolute Gasteiger partial charge is 0.497 e. The van der Waals surface area contributed by atoms with Gasteiger partial charge in [0.1, 0.15) is 17.3 Å². The van der Waals surface area contributed by atoms with E-state index in [2.05, 4.69) is 10.5 Å². The lowest BCUT2D eigenvalue weighted by Crippen LogP contribution is -2.36. The zero-order valence-corrected chi connectivity index (χ0v) is 14.4. The molecule has 6 nitrogen and oxygen atoms in total. The molecule has 2 atom stereocenters. The fraction of sp³-hybridized carbons (Fsp3) is 0.500. The third kappa shape index (κ3) is 3.88. The highest BCUT2D eigenvalue weighted by molar-refractivity contribution is 5.40. The lowest BCUT2D eigenvalue weighted by Gasteiger charge is -2.19. The molecule has 24 heavy (non-hydrogen) atoms. The van der Waals surface area contributed by atoms with Gasteiger partial charge in [-0.05, 0) is 13.0 Å². The average Bonchev–Trinajstić information content (AvgIpc) is 3.22. The highest BCUT2D eigenvalue weighted by Gasteiger charge is 2.29. The smallest absolute Gasteiger partial charge is 0.137 e. The Hall–Kier alpha value is -2.05. The van der Waals surface area contributed by atoms with Gasteiger partial charge in [0.05, 0.1) is 33.1 Å². The van der Waals surface area contributed by atoms with Gasteiger partial charge in [-0.15, -0.1) is 0 Å². The van der Waals surface area contributed by atoms with E-state index in [1.807, 2.05) is 31.2 Å². The van der Waals surface area contributed by atoms with Gasteiger partial charge in [-0.1, -0.05) is 11.2 Å². The molecule has 2 aromatic rings. The van der Waals surface area contributed by atoms with E-state index in [-0.39, 0.29) is 6.04 Å². The Labute approximate surface area is 142 Å². The Morgan fingerprint density at radius 2 is 2.08 bits per heavy atom. The average molecular weight is 332 g/mol. The molecule has 1 aliphatic rings. The molecule has 0 unspecified atom stereocenters. The minimum atomic E-state index is 0.280. The molecule has 6 heteroatoms. The molecule has 1 N–H and O–H groups in total. The molecule has 1 fully saturated rings. The molecule has 1 aliphatic heterocycles. The summed E-state index contributed by atoms with van der Waals surface area (Å²) >= 11 is 0. The molecule has 1 aromatic carbocycles. The minimum Gasteiger partial charge on any atom is -0.497 e. The van der Waals surface area contributed by atoms with Crippen LogP contribution < -0.4 is 14.8 Å². The van der Waals surface area contributed by atoms with Crippen LogP contribution in [0.2, 0.25) is 0 Å². The number of ether oxygens (including phenoxy) is 3. The van der Waals surface area contributed by atoms with Crippen LogP contribution in [0, 0.1) is 12.8 Å². The molecular formula is C18H24N2O4. The van der Waals surface area contributed by atoms with Crippen LogP contribution in [-0.2, 0) is 17.7 Å². The number of aryl methyl sites for hydroxylation is 1. The Balaban J connectivity index is 1.61. The van der Waals surface area contributed by atoms with Crippen molar-refractivity contribution >= 4 is 0 Å². The van der Waals surface area contributed by atoms with Crippen molar-refractivity contribution in [1.29, 1.82) is 0 Å². The number of nitrogens with one attached hydrogen (secondary N) is 1. The Bertz CT molecular complexity index is 671. The minimum absolute atomic E-state index is 0.280. The lowest BCUT2D eigenvalue weighted by molar-refractivity contribution is 0.181. The van der Waals surface area contributed by atoms with E-state index in [1.54, 1.807) is 14.2 Å². The second-order valence-corrected chi connectivity index (χ2v) is 6.10. The predicted molar refractivity (Wildman–Crippen MR) is 89.4 cm³/mol. The first-order valence-electron chi connectivity index (χ1n) is 8.14. The van der Waals surface area contributed by atoms with Crippen LogP contribution in [0.4, 0.5) is 0 Å². The molecular weight excluding hydrogens is 308 g/mol. The van der Waals surface area contributed by atoms with E-state index < -0.39 is 0 Å². The van der Waals surface area contributed by atoms with E-state index in [4.69, 9.17) is 18.7 Å². The maximum atomic E-state index is 5.65. The molecule has 0 amide bonds. The predicted octanol–water partition coefficient (Wildman–Crippen LogP) is 2.35. The Kier molecular flexibility index (Phi) is 5.37. The molecule has 0 radical (unpaired) electrons. The van der Waals surface area contributed by atoms with Crippen LogP contribution in [0.1, 0.15) is 17.0 Å². The van der Waals surface area contributed by atoms with Gasteiger partial charge in [0.2, 0.25) is 0 Å². The van der Waals surface area contributed by atoms with Crippen LogP contribution in [0.3, 0.4) is 0 Å². The molecule has 0 aliphatic carbocycles. The molecule has 1 saturated heterocycles. The van der Waals surface area contributed by atoms with Crippen LogP contribution in [-0.4, -0.2) is 38.6 Å². The highest BCUT2D eigenvalue weighted by atomic mass is 16.5. The molecule has 0 spiro atoms. The summed E-state index contributed by atoms with van der Waals surface area (Å²) in [6.45, 7) is 4.09. The van der Waals surface area contributed by atoms with Crippen LogP contribution >= 0.6 is 0 Å². The molecule has 130 valence electrons. The number of hydrogen-bond donors (Lipinski definition) is 1. The molecule has 2 heterocycles. The summed E-state index contributed by atoms with van der Waals surface area (Å²) in [6, 6.07) is 8.13. The second kappa shape index (κ2) is 7.68. The van der Waals surface area contributed by atoms with E-state index >= 15 is 0 Å². The number of hydrogen-bond acceptors (Lipinski definition) is 6. The SMILES string of the molecule is COc1ccc(CN[C@@H]2COC[C@H]2Cc2cc(C)no2)c(OC)c1. The fourth-order valence-corrected chi connectivity index (χ4v) is 3.04. The highest BCUT2D eigenvalue weighted by Crippen LogP contribution is 2.25. The standard InChI is InChI=1S/C18H24N2O4/c1-12-6-16(24-20-12)7-14-10-23-11-17(14)19-9-13-4-5-15(21-2)8-18(13)22-3/h4-6,8,14,17,19H,7,9-11H2,1-3H3/t14-,17-/m1/s1. The lowest BCUT2D eigenvalue weighted by atomic mass is 9.98. The van der Waals surface area contributed by atoms with Crippen LogP contribution in [0.15, 0.2) is 28.8 Å². The van der Waals surface area contributed by atoms with E-state index in [9.17, 15) is 0 Å². The zero-order valence-electron chi connectivity index (χ0n) is 14.4. The summed E-state index contributed by atoms with van der Waals surface area (Å²) in [7, 11) is 3.32. The normalized spacial score (nSPS) is 20.3. The number of benzene rings is 1. The Morgan fingerprint density at radius 1 is 1.21 bits per heavy atom. The number of rotatable bonds is 7. The van der Waals surface area contributed by atoms with Crippen molar-refractivity contribution in [1.82, 2.24) is 10.5 Å². The summed E-state index contributed by atoms with van der Waals surface area (Å²) in [5.41, 5.74) is 2.01. The first-order valence-corrected chi connectivity index (χ1v) is 8.14. The van der Waals surface area contributed by atoms with Crippen molar-refractivity contribution in [2.24, 2.45) is 5.92 Å². The van der Waals surface area contributed by atoms with Gasteiger partial charge in [0.25, 0.3) is 0 Å².